The Balaban J connectivity index is 2.66. The Bertz CT molecular complexity index is 402. The first-order valence-corrected chi connectivity index (χ1v) is 7.21. The van der Waals surface area contributed by atoms with Crippen molar-refractivity contribution in [3.05, 3.63) is 0 Å². The zero-order valence-corrected chi connectivity index (χ0v) is 11.3. The second kappa shape index (κ2) is 7.06. The molecule has 1 saturated heterocycles. The first-order chi connectivity index (χ1) is 9.19. The summed E-state index contributed by atoms with van der Waals surface area (Å²) in [6, 6.07) is -0.829. The Hall–Kier alpha value is -0.370. The lowest BCUT2D eigenvalue weighted by molar-refractivity contribution is -0.0283. The highest BCUT2D eigenvalue weighted by Gasteiger charge is 2.41. The molecule has 20 heavy (non-hydrogen) atoms. The summed E-state index contributed by atoms with van der Waals surface area (Å²) in [5.41, 5.74) is 0. The first-order valence-electron chi connectivity index (χ1n) is 5.85. The standard InChI is InChI=1S/C9H19NO9S/c11-3-5-9(15)7(14)2-10(5)1-6(13)8(4-12)19-20(16,17)18/h5-9,11-15H,1-4H2,(H,16,17,18)/t5-,6-,7+,8+,9-/m1/s1. The van der Waals surface area contributed by atoms with Crippen molar-refractivity contribution >= 4 is 10.4 Å². The van der Waals surface area contributed by atoms with Gasteiger partial charge in [-0.2, -0.15) is 8.42 Å². The molecule has 0 aliphatic carbocycles. The van der Waals surface area contributed by atoms with E-state index in [1.807, 2.05) is 0 Å². The summed E-state index contributed by atoms with van der Waals surface area (Å²) < 4.78 is 33.7. The molecular weight excluding hydrogens is 298 g/mol. The van der Waals surface area contributed by atoms with E-state index in [-0.39, 0.29) is 13.1 Å². The third-order valence-electron chi connectivity index (χ3n) is 3.14. The van der Waals surface area contributed by atoms with Crippen molar-refractivity contribution in [2.24, 2.45) is 0 Å². The molecule has 0 spiro atoms. The lowest BCUT2D eigenvalue weighted by atomic mass is 10.1. The second-order valence-electron chi connectivity index (χ2n) is 4.57. The fourth-order valence-corrected chi connectivity index (χ4v) is 2.62. The molecule has 1 aliphatic rings. The molecule has 0 radical (unpaired) electrons. The summed E-state index contributed by atoms with van der Waals surface area (Å²) in [5, 5.41) is 46.9. The molecular formula is C9H19NO9S. The van der Waals surface area contributed by atoms with Crippen molar-refractivity contribution in [2.75, 3.05) is 26.3 Å². The van der Waals surface area contributed by atoms with Crippen LogP contribution < -0.4 is 0 Å². The molecule has 0 amide bonds. The summed E-state index contributed by atoms with van der Waals surface area (Å²) >= 11 is 0. The topological polar surface area (TPSA) is 168 Å². The van der Waals surface area contributed by atoms with E-state index in [1.54, 1.807) is 0 Å². The maximum atomic E-state index is 10.5. The number of aliphatic hydroxyl groups is 5. The Morgan fingerprint density at radius 2 is 1.90 bits per heavy atom. The van der Waals surface area contributed by atoms with Crippen LogP contribution >= 0.6 is 0 Å². The number of nitrogens with zero attached hydrogens (tertiary/aromatic N) is 1. The molecule has 5 atom stereocenters. The molecule has 1 rings (SSSR count). The fraction of sp³-hybridized carbons (Fsp3) is 1.00. The van der Waals surface area contributed by atoms with E-state index < -0.39 is 54.1 Å². The molecule has 11 heteroatoms. The summed E-state index contributed by atoms with van der Waals surface area (Å²) in [4.78, 5) is 1.33. The molecule has 1 heterocycles. The summed E-state index contributed by atoms with van der Waals surface area (Å²) in [6.07, 6.45) is -5.44. The molecule has 10 nitrogen and oxygen atoms in total. The van der Waals surface area contributed by atoms with Gasteiger partial charge in [0.15, 0.2) is 0 Å². The van der Waals surface area contributed by atoms with Crippen molar-refractivity contribution in [1.29, 1.82) is 0 Å². The van der Waals surface area contributed by atoms with Gasteiger partial charge in [0.05, 0.1) is 37.6 Å². The first kappa shape index (κ1) is 17.7. The normalized spacial score (nSPS) is 31.4. The second-order valence-corrected chi connectivity index (χ2v) is 5.62. The van der Waals surface area contributed by atoms with Gasteiger partial charge in [0.25, 0.3) is 0 Å². The van der Waals surface area contributed by atoms with Crippen LogP contribution in [0.4, 0.5) is 0 Å². The van der Waals surface area contributed by atoms with Crippen LogP contribution in [0.25, 0.3) is 0 Å². The van der Waals surface area contributed by atoms with E-state index in [9.17, 15) is 23.7 Å². The number of hydrogen-bond donors (Lipinski definition) is 6. The zero-order chi connectivity index (χ0) is 15.5. The van der Waals surface area contributed by atoms with Crippen LogP contribution in [0.1, 0.15) is 0 Å². The van der Waals surface area contributed by atoms with Crippen LogP contribution in [0.2, 0.25) is 0 Å². The van der Waals surface area contributed by atoms with Crippen LogP contribution in [0.3, 0.4) is 0 Å². The lowest BCUT2D eigenvalue weighted by Gasteiger charge is -2.28. The van der Waals surface area contributed by atoms with Gasteiger partial charge in [-0.1, -0.05) is 0 Å². The van der Waals surface area contributed by atoms with E-state index in [2.05, 4.69) is 4.18 Å². The molecule has 1 aliphatic heterocycles. The van der Waals surface area contributed by atoms with Gasteiger partial charge in [0.2, 0.25) is 0 Å². The van der Waals surface area contributed by atoms with Gasteiger partial charge >= 0.3 is 10.4 Å². The smallest absolute Gasteiger partial charge is 0.395 e. The molecule has 0 aromatic rings. The quantitative estimate of drug-likeness (QED) is 0.254. The number of aliphatic hydroxyl groups excluding tert-OH is 5. The van der Waals surface area contributed by atoms with Gasteiger partial charge in [-0.3, -0.25) is 9.45 Å². The van der Waals surface area contributed by atoms with E-state index in [1.165, 1.54) is 4.90 Å². The molecule has 120 valence electrons. The molecule has 0 aromatic carbocycles. The molecule has 0 aromatic heterocycles. The molecule has 0 saturated carbocycles. The highest BCUT2D eigenvalue weighted by molar-refractivity contribution is 7.80. The lowest BCUT2D eigenvalue weighted by Crippen LogP contribution is -2.47. The number of likely N-dealkylation sites (tertiary alicyclic amines) is 1. The Kier molecular flexibility index (Phi) is 6.25. The van der Waals surface area contributed by atoms with Gasteiger partial charge in [0, 0.05) is 13.1 Å². The summed E-state index contributed by atoms with van der Waals surface area (Å²) in [5.74, 6) is 0. The van der Waals surface area contributed by atoms with Crippen LogP contribution in [-0.4, -0.2) is 100 Å². The van der Waals surface area contributed by atoms with E-state index >= 15 is 0 Å². The van der Waals surface area contributed by atoms with Crippen molar-refractivity contribution in [3.63, 3.8) is 0 Å². The highest BCUT2D eigenvalue weighted by atomic mass is 32.3. The van der Waals surface area contributed by atoms with Gasteiger partial charge in [-0.25, -0.2) is 4.18 Å². The number of rotatable bonds is 7. The molecule has 0 bridgehead atoms. The number of hydrogen-bond acceptors (Lipinski definition) is 9. The minimum atomic E-state index is -4.84. The average Bonchev–Trinajstić information content (AvgIpc) is 2.60. The van der Waals surface area contributed by atoms with Crippen LogP contribution in [0.15, 0.2) is 0 Å². The monoisotopic (exact) mass is 317 g/mol. The van der Waals surface area contributed by atoms with Crippen LogP contribution in [-0.2, 0) is 14.6 Å². The summed E-state index contributed by atoms with van der Waals surface area (Å²) in [6.45, 7) is -1.68. The minimum absolute atomic E-state index is 0.0481. The van der Waals surface area contributed by atoms with Crippen molar-refractivity contribution < 1.29 is 42.7 Å². The predicted molar refractivity (Wildman–Crippen MR) is 64.0 cm³/mol. The van der Waals surface area contributed by atoms with Crippen LogP contribution in [0.5, 0.6) is 0 Å². The van der Waals surface area contributed by atoms with Gasteiger partial charge in [0.1, 0.15) is 6.10 Å². The highest BCUT2D eigenvalue weighted by Crippen LogP contribution is 2.19. The zero-order valence-electron chi connectivity index (χ0n) is 10.5. The van der Waals surface area contributed by atoms with Crippen molar-refractivity contribution in [3.8, 4) is 0 Å². The maximum Gasteiger partial charge on any atom is 0.397 e. The van der Waals surface area contributed by atoms with Gasteiger partial charge in [-0.15, -0.1) is 0 Å². The predicted octanol–water partition coefficient (Wildman–Crippen LogP) is -4.07. The van der Waals surface area contributed by atoms with Crippen LogP contribution in [0, 0.1) is 0 Å². The largest absolute Gasteiger partial charge is 0.397 e. The fourth-order valence-electron chi connectivity index (χ4n) is 2.12. The van der Waals surface area contributed by atoms with Crippen molar-refractivity contribution in [1.82, 2.24) is 4.90 Å². The van der Waals surface area contributed by atoms with Gasteiger partial charge in [-0.05, 0) is 0 Å². The SMILES string of the molecule is O=S(=O)(O)O[C@@H](CO)[C@H](O)CN1C[C@H](O)[C@H](O)[C@H]1CO. The average molecular weight is 317 g/mol. The molecule has 6 N–H and O–H groups in total. The van der Waals surface area contributed by atoms with E-state index in [0.717, 1.165) is 0 Å². The Morgan fingerprint density at radius 1 is 1.30 bits per heavy atom. The Labute approximate surface area is 115 Å². The minimum Gasteiger partial charge on any atom is -0.395 e. The van der Waals surface area contributed by atoms with E-state index in [0.29, 0.717) is 0 Å². The van der Waals surface area contributed by atoms with Crippen molar-refractivity contribution in [2.45, 2.75) is 30.5 Å². The Morgan fingerprint density at radius 3 is 2.35 bits per heavy atom. The number of β-amino-alcohol motifs (C(OH)–C–C–N with tert-alkyl or cyclic N) is 2. The molecule has 0 unspecified atom stereocenters. The third-order valence-corrected chi connectivity index (χ3v) is 3.63. The van der Waals surface area contributed by atoms with E-state index in [4.69, 9.17) is 14.8 Å². The molecule has 1 fully saturated rings. The third kappa shape index (κ3) is 4.58. The maximum absolute atomic E-state index is 10.5. The summed E-state index contributed by atoms with van der Waals surface area (Å²) in [7, 11) is -4.84. The van der Waals surface area contributed by atoms with Gasteiger partial charge < -0.3 is 25.5 Å².